The van der Waals surface area contributed by atoms with Gasteiger partial charge in [0.15, 0.2) is 0 Å². The average molecular weight is 399 g/mol. The third-order valence-corrected chi connectivity index (χ3v) is 5.23. The Morgan fingerprint density at radius 3 is 2.52 bits per heavy atom. The zero-order valence-corrected chi connectivity index (χ0v) is 17.6. The summed E-state index contributed by atoms with van der Waals surface area (Å²) in [6, 6.07) is 11.1. The second-order valence-corrected chi connectivity index (χ2v) is 7.72. The molecule has 29 heavy (non-hydrogen) atoms. The molecule has 156 valence electrons. The Morgan fingerprint density at radius 1 is 1.21 bits per heavy atom. The van der Waals surface area contributed by atoms with Gasteiger partial charge in [0.05, 0.1) is 19.3 Å². The molecule has 0 spiro atoms. The molecule has 0 aliphatic heterocycles. The molecule has 1 saturated carbocycles. The van der Waals surface area contributed by atoms with Gasteiger partial charge < -0.3 is 24.4 Å². The summed E-state index contributed by atoms with van der Waals surface area (Å²) in [6.07, 6.45) is 4.02. The number of rotatable bonds is 8. The van der Waals surface area contributed by atoms with Gasteiger partial charge in [0.1, 0.15) is 12.3 Å². The highest BCUT2D eigenvalue weighted by atomic mass is 16.5. The molecule has 1 aromatic heterocycles. The average Bonchev–Trinajstić information content (AvgIpc) is 3.46. The summed E-state index contributed by atoms with van der Waals surface area (Å²) in [6.45, 7) is 4.42. The van der Waals surface area contributed by atoms with Crippen LogP contribution < -0.4 is 10.1 Å². The van der Waals surface area contributed by atoms with E-state index < -0.39 is 0 Å². The minimum Gasteiger partial charge on any atom is -0.495 e. The first-order chi connectivity index (χ1) is 13.9. The second kappa shape index (κ2) is 9.03. The molecule has 1 heterocycles. The summed E-state index contributed by atoms with van der Waals surface area (Å²) in [5.74, 6) is 0.553. The van der Waals surface area contributed by atoms with Crippen molar-refractivity contribution in [2.24, 2.45) is 7.05 Å². The maximum atomic E-state index is 13.1. The molecule has 0 atom stereocenters. The van der Waals surface area contributed by atoms with Gasteiger partial charge >= 0.3 is 6.03 Å². The first-order valence-corrected chi connectivity index (χ1v) is 10.0. The van der Waals surface area contributed by atoms with E-state index in [1.165, 1.54) is 0 Å². The summed E-state index contributed by atoms with van der Waals surface area (Å²) < 4.78 is 7.33. The molecular formula is C22H30N4O3. The van der Waals surface area contributed by atoms with Crippen LogP contribution in [0.5, 0.6) is 5.75 Å². The highest BCUT2D eigenvalue weighted by Gasteiger charge is 2.34. The van der Waals surface area contributed by atoms with Crippen molar-refractivity contribution >= 4 is 17.6 Å². The SMILES string of the molecule is COc1ccccc1NC(=O)N(CC(=O)N(Cc1cccn1C)C1CC1)C(C)C. The van der Waals surface area contributed by atoms with E-state index in [9.17, 15) is 9.59 Å². The molecule has 0 bridgehead atoms. The fourth-order valence-corrected chi connectivity index (χ4v) is 3.30. The van der Waals surface area contributed by atoms with Crippen molar-refractivity contribution in [1.82, 2.24) is 14.4 Å². The number of aromatic nitrogens is 1. The number of hydrogen-bond acceptors (Lipinski definition) is 3. The number of nitrogens with zero attached hydrogens (tertiary/aromatic N) is 3. The number of benzene rings is 1. The zero-order chi connectivity index (χ0) is 21.0. The Morgan fingerprint density at radius 2 is 1.93 bits per heavy atom. The van der Waals surface area contributed by atoms with Gasteiger partial charge in [-0.3, -0.25) is 4.79 Å². The number of aryl methyl sites for hydroxylation is 1. The van der Waals surface area contributed by atoms with Gasteiger partial charge in [-0.05, 0) is 51.0 Å². The minimum atomic E-state index is -0.313. The van der Waals surface area contributed by atoms with Gasteiger partial charge in [0, 0.05) is 31.0 Å². The lowest BCUT2D eigenvalue weighted by molar-refractivity contribution is -0.133. The molecule has 1 fully saturated rings. The van der Waals surface area contributed by atoms with Crippen LogP contribution in [0.2, 0.25) is 0 Å². The third kappa shape index (κ3) is 5.10. The molecule has 1 aliphatic carbocycles. The maximum Gasteiger partial charge on any atom is 0.322 e. The monoisotopic (exact) mass is 398 g/mol. The Balaban J connectivity index is 1.70. The number of carbonyl (C=O) groups is 2. The van der Waals surface area contributed by atoms with Crippen LogP contribution in [0.1, 0.15) is 32.4 Å². The van der Waals surface area contributed by atoms with Gasteiger partial charge in [-0.25, -0.2) is 4.79 Å². The lowest BCUT2D eigenvalue weighted by atomic mass is 10.2. The van der Waals surface area contributed by atoms with Gasteiger partial charge in [0.25, 0.3) is 0 Å². The predicted octanol–water partition coefficient (Wildman–Crippen LogP) is 3.47. The molecule has 3 amide bonds. The fourth-order valence-electron chi connectivity index (χ4n) is 3.30. The van der Waals surface area contributed by atoms with E-state index in [1.807, 2.05) is 60.8 Å². The van der Waals surface area contributed by atoms with E-state index in [0.29, 0.717) is 18.0 Å². The Kier molecular flexibility index (Phi) is 6.46. The highest BCUT2D eigenvalue weighted by Crippen LogP contribution is 2.29. The van der Waals surface area contributed by atoms with Crippen molar-refractivity contribution in [3.63, 3.8) is 0 Å². The Bertz CT molecular complexity index is 857. The van der Waals surface area contributed by atoms with E-state index in [4.69, 9.17) is 4.74 Å². The molecule has 0 unspecified atom stereocenters. The van der Waals surface area contributed by atoms with E-state index in [2.05, 4.69) is 5.32 Å². The number of carbonyl (C=O) groups excluding carboxylic acids is 2. The van der Waals surface area contributed by atoms with Crippen LogP contribution in [0, 0.1) is 0 Å². The maximum absolute atomic E-state index is 13.1. The van der Waals surface area contributed by atoms with Crippen molar-refractivity contribution in [3.05, 3.63) is 48.3 Å². The first kappa shape index (κ1) is 20.8. The number of ether oxygens (including phenoxy) is 1. The first-order valence-electron chi connectivity index (χ1n) is 10.0. The number of urea groups is 1. The van der Waals surface area contributed by atoms with E-state index >= 15 is 0 Å². The second-order valence-electron chi connectivity index (χ2n) is 7.72. The standard InChI is InChI=1S/C22H30N4O3/c1-16(2)25(22(28)23-19-9-5-6-10-20(19)29-4)15-21(27)26(17-11-12-17)14-18-8-7-13-24(18)3/h5-10,13,16-17H,11-12,14-15H2,1-4H3,(H,23,28). The van der Waals surface area contributed by atoms with Crippen LogP contribution in [0.15, 0.2) is 42.6 Å². The van der Waals surface area contributed by atoms with E-state index in [1.54, 1.807) is 24.1 Å². The van der Waals surface area contributed by atoms with Crippen LogP contribution in [0.3, 0.4) is 0 Å². The summed E-state index contributed by atoms with van der Waals surface area (Å²) >= 11 is 0. The number of amides is 3. The third-order valence-electron chi connectivity index (χ3n) is 5.23. The van der Waals surface area contributed by atoms with Crippen molar-refractivity contribution < 1.29 is 14.3 Å². The van der Waals surface area contributed by atoms with Gasteiger partial charge in [-0.1, -0.05) is 12.1 Å². The number of nitrogens with one attached hydrogen (secondary N) is 1. The number of hydrogen-bond donors (Lipinski definition) is 1. The molecule has 1 aromatic carbocycles. The lowest BCUT2D eigenvalue weighted by Crippen LogP contribution is -2.48. The molecule has 0 radical (unpaired) electrons. The van der Waals surface area contributed by atoms with Crippen molar-refractivity contribution in [2.45, 2.75) is 45.3 Å². The summed E-state index contributed by atoms with van der Waals surface area (Å²) in [5, 5.41) is 2.87. The normalized spacial score (nSPS) is 13.3. The molecule has 0 saturated heterocycles. The predicted molar refractivity (Wildman–Crippen MR) is 113 cm³/mol. The number of anilines is 1. The molecule has 1 N–H and O–H groups in total. The zero-order valence-electron chi connectivity index (χ0n) is 17.6. The van der Waals surface area contributed by atoms with Crippen LogP contribution in [0.25, 0.3) is 0 Å². The largest absolute Gasteiger partial charge is 0.495 e. The van der Waals surface area contributed by atoms with Crippen molar-refractivity contribution in [1.29, 1.82) is 0 Å². The van der Waals surface area contributed by atoms with Crippen LogP contribution in [0.4, 0.5) is 10.5 Å². The Hall–Kier alpha value is -2.96. The molecule has 7 nitrogen and oxygen atoms in total. The van der Waals surface area contributed by atoms with Gasteiger partial charge in [0.2, 0.25) is 5.91 Å². The topological polar surface area (TPSA) is 66.8 Å². The molecule has 2 aromatic rings. The van der Waals surface area contributed by atoms with Crippen molar-refractivity contribution in [2.75, 3.05) is 19.0 Å². The van der Waals surface area contributed by atoms with E-state index in [0.717, 1.165) is 18.5 Å². The quantitative estimate of drug-likeness (QED) is 0.740. The van der Waals surface area contributed by atoms with Crippen LogP contribution >= 0.6 is 0 Å². The van der Waals surface area contributed by atoms with Gasteiger partial charge in [-0.15, -0.1) is 0 Å². The lowest BCUT2D eigenvalue weighted by Gasteiger charge is -2.30. The smallest absolute Gasteiger partial charge is 0.322 e. The number of methoxy groups -OCH3 is 1. The van der Waals surface area contributed by atoms with Gasteiger partial charge in [-0.2, -0.15) is 0 Å². The molecule has 3 rings (SSSR count). The minimum absolute atomic E-state index is 0.0300. The summed E-state index contributed by atoms with van der Waals surface area (Å²) in [4.78, 5) is 29.5. The fraction of sp³-hybridized carbons (Fsp3) is 0.455. The number of para-hydroxylation sites is 2. The molecule has 7 heteroatoms. The summed E-state index contributed by atoms with van der Waals surface area (Å²) in [5.41, 5.74) is 1.67. The van der Waals surface area contributed by atoms with Crippen LogP contribution in [-0.2, 0) is 18.4 Å². The highest BCUT2D eigenvalue weighted by molar-refractivity contribution is 5.93. The Labute approximate surface area is 172 Å². The van der Waals surface area contributed by atoms with E-state index in [-0.39, 0.29) is 30.6 Å². The molecular weight excluding hydrogens is 368 g/mol. The summed E-state index contributed by atoms with van der Waals surface area (Å²) in [7, 11) is 3.54. The van der Waals surface area contributed by atoms with Crippen LogP contribution in [-0.4, -0.2) is 52.0 Å². The van der Waals surface area contributed by atoms with Crippen molar-refractivity contribution in [3.8, 4) is 5.75 Å². The molecule has 1 aliphatic rings.